The first-order chi connectivity index (χ1) is 10.2. The number of imidazole rings is 1. The molecule has 0 radical (unpaired) electrons. The summed E-state index contributed by atoms with van der Waals surface area (Å²) in [4.78, 5) is 4.35. The Labute approximate surface area is 119 Å². The van der Waals surface area contributed by atoms with Gasteiger partial charge < -0.3 is 14.9 Å². The Morgan fingerprint density at radius 2 is 2.00 bits per heavy atom. The van der Waals surface area contributed by atoms with Gasteiger partial charge in [0, 0.05) is 18.7 Å². The molecule has 3 aromatic rings. The second-order valence-electron chi connectivity index (χ2n) is 4.51. The molecule has 0 aliphatic heterocycles. The van der Waals surface area contributed by atoms with E-state index in [2.05, 4.69) is 4.98 Å². The van der Waals surface area contributed by atoms with Crippen molar-refractivity contribution in [2.75, 3.05) is 6.54 Å². The number of ether oxygens (including phenoxy) is 1. The molecule has 0 aliphatic carbocycles. The minimum atomic E-state index is -0.961. The van der Waals surface area contributed by atoms with Gasteiger partial charge in [-0.05, 0) is 30.8 Å². The number of rotatable bonds is 4. The third-order valence-electron chi connectivity index (χ3n) is 3.08. The SMILES string of the molecule is NCCc1c(Oc2ccc(F)c(F)c2)nc2ccccn12. The molecule has 2 N–H and O–H groups in total. The van der Waals surface area contributed by atoms with Gasteiger partial charge >= 0.3 is 0 Å². The summed E-state index contributed by atoms with van der Waals surface area (Å²) in [5.41, 5.74) is 7.11. The smallest absolute Gasteiger partial charge is 0.241 e. The Hall–Kier alpha value is -2.47. The van der Waals surface area contributed by atoms with Gasteiger partial charge in [0.05, 0.1) is 5.69 Å². The van der Waals surface area contributed by atoms with Crippen molar-refractivity contribution in [3.8, 4) is 11.6 Å². The molecule has 6 heteroatoms. The van der Waals surface area contributed by atoms with E-state index in [1.54, 1.807) is 0 Å². The number of halogens is 2. The summed E-state index contributed by atoms with van der Waals surface area (Å²) in [6, 6.07) is 8.92. The fourth-order valence-electron chi connectivity index (χ4n) is 2.12. The van der Waals surface area contributed by atoms with Crippen LogP contribution in [0.15, 0.2) is 42.6 Å². The van der Waals surface area contributed by atoms with Gasteiger partial charge in [0.15, 0.2) is 11.6 Å². The lowest BCUT2D eigenvalue weighted by atomic mass is 10.3. The fraction of sp³-hybridized carbons (Fsp3) is 0.133. The molecule has 4 nitrogen and oxygen atoms in total. The van der Waals surface area contributed by atoms with Crippen LogP contribution in [0.4, 0.5) is 8.78 Å². The standard InChI is InChI=1S/C15H13F2N3O/c16-11-5-4-10(9-12(11)17)21-15-13(6-7-18)20-8-2-1-3-14(20)19-15/h1-5,8-9H,6-7,18H2. The molecular weight excluding hydrogens is 276 g/mol. The maximum absolute atomic E-state index is 13.2. The summed E-state index contributed by atoms with van der Waals surface area (Å²) in [6.45, 7) is 0.427. The van der Waals surface area contributed by atoms with Gasteiger partial charge in [-0.2, -0.15) is 4.98 Å². The number of fused-ring (bicyclic) bond motifs is 1. The van der Waals surface area contributed by atoms with E-state index >= 15 is 0 Å². The Morgan fingerprint density at radius 3 is 2.76 bits per heavy atom. The molecule has 2 heterocycles. The van der Waals surface area contributed by atoms with E-state index in [0.717, 1.165) is 17.8 Å². The third-order valence-corrected chi connectivity index (χ3v) is 3.08. The zero-order chi connectivity index (χ0) is 14.8. The van der Waals surface area contributed by atoms with Crippen LogP contribution in [0.25, 0.3) is 5.65 Å². The summed E-state index contributed by atoms with van der Waals surface area (Å²) in [5, 5.41) is 0. The number of hydrogen-bond donors (Lipinski definition) is 1. The Balaban J connectivity index is 2.02. The zero-order valence-electron chi connectivity index (χ0n) is 11.1. The van der Waals surface area contributed by atoms with Crippen LogP contribution < -0.4 is 10.5 Å². The van der Waals surface area contributed by atoms with Crippen LogP contribution in [-0.2, 0) is 6.42 Å². The van der Waals surface area contributed by atoms with Crippen molar-refractivity contribution in [1.29, 1.82) is 0 Å². The minimum Gasteiger partial charge on any atom is -0.437 e. The molecule has 108 valence electrons. The molecule has 1 aromatic carbocycles. The number of aromatic nitrogens is 2. The van der Waals surface area contributed by atoms with Crippen molar-refractivity contribution in [3.05, 3.63) is 59.9 Å². The largest absolute Gasteiger partial charge is 0.437 e. The van der Waals surface area contributed by atoms with Crippen LogP contribution in [0.1, 0.15) is 5.69 Å². The lowest BCUT2D eigenvalue weighted by Crippen LogP contribution is -2.06. The van der Waals surface area contributed by atoms with Crippen LogP contribution in [0.5, 0.6) is 11.6 Å². The summed E-state index contributed by atoms with van der Waals surface area (Å²) in [6.07, 6.45) is 2.41. The average Bonchev–Trinajstić information content (AvgIpc) is 2.81. The average molecular weight is 289 g/mol. The molecule has 0 aliphatic rings. The van der Waals surface area contributed by atoms with Crippen molar-refractivity contribution in [3.63, 3.8) is 0 Å². The first kappa shape index (κ1) is 13.5. The fourth-order valence-corrected chi connectivity index (χ4v) is 2.12. The molecule has 0 amide bonds. The Kier molecular flexibility index (Phi) is 3.53. The van der Waals surface area contributed by atoms with Gasteiger partial charge in [-0.15, -0.1) is 0 Å². The molecule has 21 heavy (non-hydrogen) atoms. The summed E-state index contributed by atoms with van der Waals surface area (Å²) in [5.74, 6) is -1.34. The molecule has 0 spiro atoms. The number of pyridine rings is 1. The molecule has 0 unspecified atom stereocenters. The molecular formula is C15H13F2N3O. The molecule has 3 rings (SSSR count). The van der Waals surface area contributed by atoms with Crippen molar-refractivity contribution >= 4 is 5.65 Å². The predicted octanol–water partition coefficient (Wildman–Crippen LogP) is 2.91. The van der Waals surface area contributed by atoms with E-state index in [0.29, 0.717) is 24.5 Å². The Morgan fingerprint density at radius 1 is 1.14 bits per heavy atom. The third kappa shape index (κ3) is 2.57. The number of nitrogens with zero attached hydrogens (tertiary/aromatic N) is 2. The van der Waals surface area contributed by atoms with Crippen molar-refractivity contribution in [2.24, 2.45) is 5.73 Å². The lowest BCUT2D eigenvalue weighted by Gasteiger charge is -2.06. The molecule has 0 atom stereocenters. The van der Waals surface area contributed by atoms with Crippen LogP contribution >= 0.6 is 0 Å². The summed E-state index contributed by atoms with van der Waals surface area (Å²) < 4.78 is 33.6. The zero-order valence-corrected chi connectivity index (χ0v) is 11.1. The molecule has 2 aromatic heterocycles. The van der Waals surface area contributed by atoms with Gasteiger partial charge in [0.1, 0.15) is 11.4 Å². The molecule has 0 bridgehead atoms. The van der Waals surface area contributed by atoms with E-state index in [4.69, 9.17) is 10.5 Å². The quantitative estimate of drug-likeness (QED) is 0.803. The normalized spacial score (nSPS) is 11.0. The highest BCUT2D eigenvalue weighted by atomic mass is 19.2. The van der Waals surface area contributed by atoms with Crippen LogP contribution in [-0.4, -0.2) is 15.9 Å². The van der Waals surface area contributed by atoms with Gasteiger partial charge in [0.25, 0.3) is 0 Å². The maximum Gasteiger partial charge on any atom is 0.241 e. The van der Waals surface area contributed by atoms with Crippen molar-refractivity contribution in [2.45, 2.75) is 6.42 Å². The second kappa shape index (κ2) is 5.49. The molecule has 0 saturated heterocycles. The highest BCUT2D eigenvalue weighted by Crippen LogP contribution is 2.27. The number of benzene rings is 1. The van der Waals surface area contributed by atoms with E-state index in [-0.39, 0.29) is 5.75 Å². The van der Waals surface area contributed by atoms with Crippen LogP contribution in [0.2, 0.25) is 0 Å². The highest BCUT2D eigenvalue weighted by molar-refractivity contribution is 5.47. The van der Waals surface area contributed by atoms with Crippen LogP contribution in [0, 0.1) is 11.6 Å². The topological polar surface area (TPSA) is 52.5 Å². The van der Waals surface area contributed by atoms with Gasteiger partial charge in [0.2, 0.25) is 5.88 Å². The summed E-state index contributed by atoms with van der Waals surface area (Å²) >= 11 is 0. The van der Waals surface area contributed by atoms with Crippen LogP contribution in [0.3, 0.4) is 0 Å². The van der Waals surface area contributed by atoms with E-state index < -0.39 is 11.6 Å². The lowest BCUT2D eigenvalue weighted by molar-refractivity contribution is 0.445. The van der Waals surface area contributed by atoms with Crippen molar-refractivity contribution < 1.29 is 13.5 Å². The van der Waals surface area contributed by atoms with E-state index in [1.807, 2.05) is 28.8 Å². The maximum atomic E-state index is 13.2. The van der Waals surface area contributed by atoms with Gasteiger partial charge in [-0.3, -0.25) is 0 Å². The molecule has 0 saturated carbocycles. The second-order valence-corrected chi connectivity index (χ2v) is 4.51. The number of nitrogens with two attached hydrogens (primary N) is 1. The van der Waals surface area contributed by atoms with Gasteiger partial charge in [-0.1, -0.05) is 6.07 Å². The monoisotopic (exact) mass is 289 g/mol. The van der Waals surface area contributed by atoms with E-state index in [1.165, 1.54) is 6.07 Å². The molecule has 0 fully saturated rings. The first-order valence-corrected chi connectivity index (χ1v) is 6.48. The summed E-state index contributed by atoms with van der Waals surface area (Å²) in [7, 11) is 0. The minimum absolute atomic E-state index is 0.190. The Bertz CT molecular complexity index is 786. The number of hydrogen-bond acceptors (Lipinski definition) is 3. The highest BCUT2D eigenvalue weighted by Gasteiger charge is 2.14. The van der Waals surface area contributed by atoms with Crippen molar-refractivity contribution in [1.82, 2.24) is 9.38 Å². The van der Waals surface area contributed by atoms with E-state index in [9.17, 15) is 8.78 Å². The predicted molar refractivity (Wildman–Crippen MR) is 74.4 cm³/mol. The first-order valence-electron chi connectivity index (χ1n) is 6.48. The van der Waals surface area contributed by atoms with Gasteiger partial charge in [-0.25, -0.2) is 8.78 Å².